The van der Waals surface area contributed by atoms with Gasteiger partial charge in [-0.3, -0.25) is 9.48 Å². The van der Waals surface area contributed by atoms with Crippen LogP contribution in [0.15, 0.2) is 53.7 Å². The lowest BCUT2D eigenvalue weighted by Crippen LogP contribution is -2.13. The van der Waals surface area contributed by atoms with Crippen LogP contribution in [0.1, 0.15) is 5.56 Å². The molecule has 0 aliphatic carbocycles. The number of thioether (sulfide) groups is 1. The van der Waals surface area contributed by atoms with E-state index in [0.717, 1.165) is 10.5 Å². The maximum absolute atomic E-state index is 12.4. The van der Waals surface area contributed by atoms with Crippen LogP contribution >= 0.6 is 11.8 Å². The number of nitrogens with zero attached hydrogens (tertiary/aromatic N) is 2. The Morgan fingerprint density at radius 2 is 1.77 bits per heavy atom. The molecule has 3 aromatic rings. The van der Waals surface area contributed by atoms with Gasteiger partial charge in [0.15, 0.2) is 23.0 Å². The summed E-state index contributed by atoms with van der Waals surface area (Å²) in [5.74, 6) is 2.73. The lowest BCUT2D eigenvalue weighted by molar-refractivity contribution is -0.113. The Bertz CT molecular complexity index is 1040. The maximum Gasteiger partial charge on any atom is 0.234 e. The molecule has 1 amide bonds. The molecule has 0 bridgehead atoms. The average Bonchev–Trinajstić information content (AvgIpc) is 3.23. The largest absolute Gasteiger partial charge is 0.493 e. The Balaban J connectivity index is 1.58. The lowest BCUT2D eigenvalue weighted by Gasteiger charge is -2.12. The van der Waals surface area contributed by atoms with Crippen molar-refractivity contribution in [2.24, 2.45) is 0 Å². The quantitative estimate of drug-likeness (QED) is 0.478. The summed E-state index contributed by atoms with van der Waals surface area (Å²) in [6, 6.07) is 11.2. The molecule has 164 valence electrons. The third kappa shape index (κ3) is 5.64. The summed E-state index contributed by atoms with van der Waals surface area (Å²) >= 11 is 1.41. The van der Waals surface area contributed by atoms with Crippen molar-refractivity contribution in [1.82, 2.24) is 9.78 Å². The number of rotatable bonds is 10. The molecular formula is C22H25N3O5S. The first-order chi connectivity index (χ1) is 15.1. The minimum absolute atomic E-state index is 0.127. The summed E-state index contributed by atoms with van der Waals surface area (Å²) in [7, 11) is 6.37. The van der Waals surface area contributed by atoms with Gasteiger partial charge in [-0.15, -0.1) is 11.8 Å². The highest BCUT2D eigenvalue weighted by molar-refractivity contribution is 8.00. The van der Waals surface area contributed by atoms with Crippen molar-refractivity contribution in [2.45, 2.75) is 11.4 Å². The number of nitrogens with one attached hydrogen (secondary N) is 1. The smallest absolute Gasteiger partial charge is 0.234 e. The van der Waals surface area contributed by atoms with Crippen molar-refractivity contribution < 1.29 is 23.7 Å². The Hall–Kier alpha value is -3.33. The van der Waals surface area contributed by atoms with E-state index in [9.17, 15) is 4.79 Å². The van der Waals surface area contributed by atoms with E-state index in [4.69, 9.17) is 18.9 Å². The zero-order valence-electron chi connectivity index (χ0n) is 17.9. The van der Waals surface area contributed by atoms with E-state index in [2.05, 4.69) is 10.4 Å². The Kier molecular flexibility index (Phi) is 7.66. The van der Waals surface area contributed by atoms with Crippen LogP contribution < -0.4 is 24.3 Å². The van der Waals surface area contributed by atoms with Crippen molar-refractivity contribution in [3.63, 3.8) is 0 Å². The topological polar surface area (TPSA) is 83.8 Å². The summed E-state index contributed by atoms with van der Waals surface area (Å²) in [4.78, 5) is 13.3. The summed E-state index contributed by atoms with van der Waals surface area (Å²) in [6.07, 6.45) is 3.39. The second-order valence-corrected chi connectivity index (χ2v) is 7.48. The van der Waals surface area contributed by atoms with Gasteiger partial charge in [0.1, 0.15) is 0 Å². The van der Waals surface area contributed by atoms with Gasteiger partial charge in [-0.2, -0.15) is 5.10 Å². The molecule has 0 atom stereocenters. The standard InChI is InChI=1S/C22H25N3O5S/c1-27-18-9-8-17(10-20(18)29-3)31-14-21(26)24-16-11-23-25(13-16)12-15-6-5-7-19(28-2)22(15)30-4/h5-11,13H,12,14H2,1-4H3,(H,24,26). The fourth-order valence-electron chi connectivity index (χ4n) is 3.02. The number of methoxy groups -OCH3 is 4. The van der Waals surface area contributed by atoms with E-state index in [1.165, 1.54) is 11.8 Å². The Morgan fingerprint density at radius 1 is 1.00 bits per heavy atom. The minimum Gasteiger partial charge on any atom is -0.493 e. The number of carbonyl (C=O) groups is 1. The third-order valence-corrected chi connectivity index (χ3v) is 5.45. The van der Waals surface area contributed by atoms with Gasteiger partial charge >= 0.3 is 0 Å². The van der Waals surface area contributed by atoms with Crippen LogP contribution in [0.2, 0.25) is 0 Å². The van der Waals surface area contributed by atoms with Gasteiger partial charge in [-0.05, 0) is 24.3 Å². The van der Waals surface area contributed by atoms with Crippen molar-refractivity contribution in [3.05, 3.63) is 54.4 Å². The van der Waals surface area contributed by atoms with E-state index in [0.29, 0.717) is 35.2 Å². The monoisotopic (exact) mass is 443 g/mol. The Labute approximate surface area is 185 Å². The molecule has 1 aromatic heterocycles. The Morgan fingerprint density at radius 3 is 2.48 bits per heavy atom. The first kappa shape index (κ1) is 22.4. The number of aromatic nitrogens is 2. The van der Waals surface area contributed by atoms with Gasteiger partial charge in [-0.1, -0.05) is 12.1 Å². The van der Waals surface area contributed by atoms with Crippen molar-refractivity contribution >= 4 is 23.4 Å². The van der Waals surface area contributed by atoms with Gasteiger partial charge < -0.3 is 24.3 Å². The highest BCUT2D eigenvalue weighted by Crippen LogP contribution is 2.32. The van der Waals surface area contributed by atoms with Gasteiger partial charge in [-0.25, -0.2) is 0 Å². The molecule has 0 fully saturated rings. The van der Waals surface area contributed by atoms with E-state index in [-0.39, 0.29) is 11.7 Å². The number of amides is 1. The molecule has 0 saturated heterocycles. The molecule has 1 N–H and O–H groups in total. The van der Waals surface area contributed by atoms with Gasteiger partial charge in [0.2, 0.25) is 5.91 Å². The molecule has 9 heteroatoms. The summed E-state index contributed by atoms with van der Waals surface area (Å²) < 4.78 is 23.1. The van der Waals surface area contributed by atoms with Gasteiger partial charge in [0.25, 0.3) is 0 Å². The van der Waals surface area contributed by atoms with Crippen LogP contribution in [0.4, 0.5) is 5.69 Å². The molecule has 3 rings (SSSR count). The molecule has 0 saturated carbocycles. The van der Waals surface area contributed by atoms with Crippen LogP contribution in [0.5, 0.6) is 23.0 Å². The van der Waals surface area contributed by atoms with Crippen molar-refractivity contribution in [1.29, 1.82) is 0 Å². The van der Waals surface area contributed by atoms with E-state index in [1.807, 2.05) is 36.4 Å². The minimum atomic E-state index is -0.127. The van der Waals surface area contributed by atoms with Crippen LogP contribution in [-0.4, -0.2) is 49.9 Å². The average molecular weight is 444 g/mol. The number of anilines is 1. The number of hydrogen-bond donors (Lipinski definition) is 1. The third-order valence-electron chi connectivity index (χ3n) is 4.46. The molecule has 0 aliphatic heterocycles. The fourth-order valence-corrected chi connectivity index (χ4v) is 3.74. The normalized spacial score (nSPS) is 10.5. The number of carbonyl (C=O) groups excluding carboxylic acids is 1. The van der Waals surface area contributed by atoms with Crippen molar-refractivity contribution in [3.8, 4) is 23.0 Å². The summed E-state index contributed by atoms with van der Waals surface area (Å²) in [6.45, 7) is 0.483. The lowest BCUT2D eigenvalue weighted by atomic mass is 10.2. The molecule has 8 nitrogen and oxygen atoms in total. The summed E-state index contributed by atoms with van der Waals surface area (Å²) in [5.41, 5.74) is 1.55. The van der Waals surface area contributed by atoms with Crippen molar-refractivity contribution in [2.75, 3.05) is 39.5 Å². The molecule has 31 heavy (non-hydrogen) atoms. The molecule has 0 aliphatic rings. The zero-order chi connectivity index (χ0) is 22.2. The van der Waals surface area contributed by atoms with Crippen LogP contribution in [-0.2, 0) is 11.3 Å². The number of para-hydroxylation sites is 1. The first-order valence-corrected chi connectivity index (χ1v) is 10.4. The van der Waals surface area contributed by atoms with E-state index < -0.39 is 0 Å². The first-order valence-electron chi connectivity index (χ1n) is 9.45. The maximum atomic E-state index is 12.4. The predicted octanol–water partition coefficient (Wildman–Crippen LogP) is 3.70. The molecule has 0 unspecified atom stereocenters. The van der Waals surface area contributed by atoms with E-state index in [1.54, 1.807) is 45.5 Å². The number of ether oxygens (including phenoxy) is 4. The van der Waals surface area contributed by atoms with Crippen LogP contribution in [0, 0.1) is 0 Å². The predicted molar refractivity (Wildman–Crippen MR) is 120 cm³/mol. The molecule has 1 heterocycles. The van der Waals surface area contributed by atoms with Crippen LogP contribution in [0.3, 0.4) is 0 Å². The second kappa shape index (κ2) is 10.6. The summed E-state index contributed by atoms with van der Waals surface area (Å²) in [5, 5.41) is 7.19. The van der Waals surface area contributed by atoms with E-state index >= 15 is 0 Å². The SMILES string of the molecule is COc1ccc(SCC(=O)Nc2cnn(Cc3cccc(OC)c3OC)c2)cc1OC. The highest BCUT2D eigenvalue weighted by atomic mass is 32.2. The van der Waals surface area contributed by atoms with Crippen LogP contribution in [0.25, 0.3) is 0 Å². The second-order valence-electron chi connectivity index (χ2n) is 6.43. The molecule has 0 spiro atoms. The molecule has 0 radical (unpaired) electrons. The van der Waals surface area contributed by atoms with Gasteiger partial charge in [0.05, 0.1) is 52.6 Å². The molecular weight excluding hydrogens is 418 g/mol. The van der Waals surface area contributed by atoms with Gasteiger partial charge in [0, 0.05) is 16.7 Å². The molecule has 2 aromatic carbocycles. The number of hydrogen-bond acceptors (Lipinski definition) is 7. The number of benzene rings is 2. The highest BCUT2D eigenvalue weighted by Gasteiger charge is 2.12. The fraction of sp³-hybridized carbons (Fsp3) is 0.273. The zero-order valence-corrected chi connectivity index (χ0v) is 18.7.